The van der Waals surface area contributed by atoms with Crippen molar-refractivity contribution >= 4 is 10.0 Å². The molecule has 0 aliphatic carbocycles. The molecule has 0 saturated carbocycles. The number of halogens is 3. The number of alkyl halides is 3. The molecule has 1 N–H and O–H groups in total. The van der Waals surface area contributed by atoms with E-state index in [4.69, 9.17) is 0 Å². The minimum absolute atomic E-state index is 0.0797. The van der Waals surface area contributed by atoms with Crippen molar-refractivity contribution in [3.05, 3.63) is 29.8 Å². The van der Waals surface area contributed by atoms with E-state index in [9.17, 15) is 21.6 Å². The molecule has 2 aromatic rings. The molecule has 0 radical (unpaired) electrons. The maximum absolute atomic E-state index is 12.6. The zero-order chi connectivity index (χ0) is 18.8. The summed E-state index contributed by atoms with van der Waals surface area (Å²) in [5.74, 6) is 0. The monoisotopic (exact) mass is 379 g/mol. The second-order valence-electron chi connectivity index (χ2n) is 5.68. The summed E-state index contributed by atoms with van der Waals surface area (Å²) in [6, 6.07) is 0.569. The fraction of sp³-hybridized carbons (Fsp3) is 0.571. The third-order valence-electron chi connectivity index (χ3n) is 3.77. The smallest absolute Gasteiger partial charge is 0.274 e. The third kappa shape index (κ3) is 4.60. The van der Waals surface area contributed by atoms with Crippen molar-refractivity contribution in [1.82, 2.24) is 24.3 Å². The first-order chi connectivity index (χ1) is 11.5. The zero-order valence-corrected chi connectivity index (χ0v) is 14.9. The van der Waals surface area contributed by atoms with E-state index in [0.29, 0.717) is 18.5 Å². The van der Waals surface area contributed by atoms with Gasteiger partial charge < -0.3 is 0 Å². The predicted molar refractivity (Wildman–Crippen MR) is 84.3 cm³/mol. The molecule has 0 amide bonds. The number of hydrogen-bond acceptors (Lipinski definition) is 4. The van der Waals surface area contributed by atoms with Gasteiger partial charge in [0.1, 0.15) is 4.90 Å². The van der Waals surface area contributed by atoms with Crippen molar-refractivity contribution in [3.8, 4) is 0 Å². The van der Waals surface area contributed by atoms with Crippen LogP contribution in [0.1, 0.15) is 37.2 Å². The van der Waals surface area contributed by atoms with Gasteiger partial charge in [0.05, 0.1) is 11.7 Å². The molecule has 0 bridgehead atoms. The van der Waals surface area contributed by atoms with Gasteiger partial charge in [0.2, 0.25) is 10.0 Å². The molecular formula is C14H20F3N5O2S. The Balaban J connectivity index is 2.01. The van der Waals surface area contributed by atoms with Gasteiger partial charge >= 0.3 is 6.18 Å². The van der Waals surface area contributed by atoms with Gasteiger partial charge in [-0.3, -0.25) is 9.36 Å². The number of aromatic nitrogens is 4. The molecule has 0 aliphatic rings. The topological polar surface area (TPSA) is 81.8 Å². The van der Waals surface area contributed by atoms with Crippen LogP contribution in [0.5, 0.6) is 0 Å². The minimum atomic E-state index is -4.50. The van der Waals surface area contributed by atoms with Crippen LogP contribution in [0.2, 0.25) is 0 Å². The lowest BCUT2D eigenvalue weighted by Gasteiger charge is -2.16. The second-order valence-corrected chi connectivity index (χ2v) is 7.42. The largest absolute Gasteiger partial charge is 0.435 e. The van der Waals surface area contributed by atoms with E-state index in [0.717, 1.165) is 6.07 Å². The van der Waals surface area contributed by atoms with Crippen molar-refractivity contribution in [2.24, 2.45) is 7.05 Å². The van der Waals surface area contributed by atoms with Crippen LogP contribution in [0.4, 0.5) is 13.2 Å². The third-order valence-corrected chi connectivity index (χ3v) is 5.34. The summed E-state index contributed by atoms with van der Waals surface area (Å²) in [7, 11) is -2.10. The van der Waals surface area contributed by atoms with Gasteiger partial charge in [-0.1, -0.05) is 6.92 Å². The van der Waals surface area contributed by atoms with Crippen LogP contribution in [0.3, 0.4) is 0 Å². The number of nitrogens with one attached hydrogen (secondary N) is 1. The van der Waals surface area contributed by atoms with E-state index in [1.165, 1.54) is 21.8 Å². The molecule has 1 unspecified atom stereocenters. The van der Waals surface area contributed by atoms with E-state index < -0.39 is 21.9 Å². The molecule has 140 valence electrons. The van der Waals surface area contributed by atoms with E-state index >= 15 is 0 Å². The van der Waals surface area contributed by atoms with Crippen molar-refractivity contribution in [2.45, 2.75) is 43.8 Å². The lowest BCUT2D eigenvalue weighted by atomic mass is 10.1. The van der Waals surface area contributed by atoms with Crippen LogP contribution in [-0.4, -0.2) is 34.5 Å². The molecule has 11 heteroatoms. The molecule has 0 aromatic carbocycles. The first kappa shape index (κ1) is 19.4. The summed E-state index contributed by atoms with van der Waals surface area (Å²) in [4.78, 5) is 0.0847. The molecule has 2 aromatic heterocycles. The first-order valence-electron chi connectivity index (χ1n) is 7.67. The van der Waals surface area contributed by atoms with Gasteiger partial charge in [0.25, 0.3) is 0 Å². The van der Waals surface area contributed by atoms with Crippen molar-refractivity contribution in [3.63, 3.8) is 0 Å². The zero-order valence-electron chi connectivity index (χ0n) is 14.1. The highest BCUT2D eigenvalue weighted by Crippen LogP contribution is 2.28. The molecule has 2 heterocycles. The maximum atomic E-state index is 12.6. The number of rotatable bonds is 7. The van der Waals surface area contributed by atoms with Crippen molar-refractivity contribution in [2.75, 3.05) is 6.54 Å². The van der Waals surface area contributed by atoms with E-state index in [1.807, 2.05) is 0 Å². The van der Waals surface area contributed by atoms with Crippen molar-refractivity contribution < 1.29 is 21.6 Å². The van der Waals surface area contributed by atoms with E-state index in [-0.39, 0.29) is 17.5 Å². The van der Waals surface area contributed by atoms with Crippen LogP contribution in [0.25, 0.3) is 0 Å². The first-order valence-corrected chi connectivity index (χ1v) is 9.15. The Kier molecular flexibility index (Phi) is 5.57. The molecule has 1 atom stereocenters. The van der Waals surface area contributed by atoms with E-state index in [1.54, 1.807) is 20.9 Å². The molecule has 0 saturated heterocycles. The van der Waals surface area contributed by atoms with Gasteiger partial charge in [-0.25, -0.2) is 13.1 Å². The molecule has 0 fully saturated rings. The number of hydrogen-bond donors (Lipinski definition) is 1. The van der Waals surface area contributed by atoms with Gasteiger partial charge in [-0.2, -0.15) is 23.4 Å². The Bertz CT molecular complexity index is 826. The molecule has 0 aliphatic heterocycles. The molecular weight excluding hydrogens is 359 g/mol. The van der Waals surface area contributed by atoms with Crippen LogP contribution < -0.4 is 4.72 Å². The highest BCUT2D eigenvalue weighted by atomic mass is 32.2. The lowest BCUT2D eigenvalue weighted by molar-refractivity contribution is -0.141. The predicted octanol–water partition coefficient (Wildman–Crippen LogP) is 2.26. The molecule has 7 nitrogen and oxygen atoms in total. The Hall–Kier alpha value is -1.88. The van der Waals surface area contributed by atoms with Crippen LogP contribution in [-0.2, 0) is 23.2 Å². The Morgan fingerprint density at radius 1 is 1.32 bits per heavy atom. The SMILES string of the molecule is CCC(CCNS(=O)(=O)c1cn(C)nc1C)n1ccc(C(F)(F)F)n1. The number of aryl methyl sites for hydroxylation is 2. The highest BCUT2D eigenvalue weighted by molar-refractivity contribution is 7.89. The average Bonchev–Trinajstić information content (AvgIpc) is 3.10. The standard InChI is InChI=1S/C14H20F3N5O2S/c1-4-11(22-8-6-13(20-22)14(15,16)17)5-7-18-25(23,24)12-9-21(3)19-10(12)2/h6,8-9,11,18H,4-5,7H2,1-3H3. The highest BCUT2D eigenvalue weighted by Gasteiger charge is 2.34. The molecule has 0 spiro atoms. The summed E-state index contributed by atoms with van der Waals surface area (Å²) in [6.45, 7) is 3.47. The number of nitrogens with zero attached hydrogens (tertiary/aromatic N) is 4. The van der Waals surface area contributed by atoms with Crippen LogP contribution in [0.15, 0.2) is 23.4 Å². The van der Waals surface area contributed by atoms with Gasteiger partial charge in [0.15, 0.2) is 5.69 Å². The summed E-state index contributed by atoms with van der Waals surface area (Å²) < 4.78 is 67.5. The fourth-order valence-corrected chi connectivity index (χ4v) is 3.76. The minimum Gasteiger partial charge on any atom is -0.274 e. The fourth-order valence-electron chi connectivity index (χ4n) is 2.50. The van der Waals surface area contributed by atoms with Crippen LogP contribution in [0, 0.1) is 6.92 Å². The lowest BCUT2D eigenvalue weighted by Crippen LogP contribution is -2.27. The summed E-state index contributed by atoms with van der Waals surface area (Å²) >= 11 is 0. The summed E-state index contributed by atoms with van der Waals surface area (Å²) in [5.41, 5.74) is -0.582. The van der Waals surface area contributed by atoms with Gasteiger partial charge in [-0.05, 0) is 25.8 Å². The van der Waals surface area contributed by atoms with Gasteiger partial charge in [-0.15, -0.1) is 0 Å². The second kappa shape index (κ2) is 7.16. The molecule has 2 rings (SSSR count). The average molecular weight is 379 g/mol. The quantitative estimate of drug-likeness (QED) is 0.800. The van der Waals surface area contributed by atoms with Gasteiger partial charge in [0, 0.05) is 26.0 Å². The Labute approximate surface area is 143 Å². The maximum Gasteiger partial charge on any atom is 0.435 e. The summed E-state index contributed by atoms with van der Waals surface area (Å²) in [5, 5.41) is 7.53. The number of sulfonamides is 1. The Morgan fingerprint density at radius 2 is 2.00 bits per heavy atom. The van der Waals surface area contributed by atoms with Crippen LogP contribution >= 0.6 is 0 Å². The van der Waals surface area contributed by atoms with Crippen molar-refractivity contribution in [1.29, 1.82) is 0 Å². The van der Waals surface area contributed by atoms with E-state index in [2.05, 4.69) is 14.9 Å². The molecule has 25 heavy (non-hydrogen) atoms. The Morgan fingerprint density at radius 3 is 2.48 bits per heavy atom. The summed E-state index contributed by atoms with van der Waals surface area (Å²) in [6.07, 6.45) is -1.00. The normalized spacial score (nSPS) is 14.0.